The summed E-state index contributed by atoms with van der Waals surface area (Å²) in [6, 6.07) is 15.2. The van der Waals surface area contributed by atoms with E-state index in [-0.39, 0.29) is 5.78 Å². The van der Waals surface area contributed by atoms with Crippen LogP contribution in [-0.4, -0.2) is 15.8 Å². The molecule has 0 unspecified atom stereocenters. The van der Waals surface area contributed by atoms with Crippen LogP contribution >= 0.6 is 15.9 Å². The Morgan fingerprint density at radius 3 is 2.59 bits per heavy atom. The Kier molecular flexibility index (Phi) is 4.06. The maximum Gasteiger partial charge on any atom is 0.197 e. The molecule has 0 aliphatic carbocycles. The van der Waals surface area contributed by atoms with Gasteiger partial charge in [-0.2, -0.15) is 0 Å². The summed E-state index contributed by atoms with van der Waals surface area (Å²) < 4.78 is 0.908. The van der Waals surface area contributed by atoms with Crippen LogP contribution in [0.2, 0.25) is 0 Å². The fourth-order valence-corrected chi connectivity index (χ4v) is 2.63. The Morgan fingerprint density at radius 2 is 1.95 bits per heavy atom. The van der Waals surface area contributed by atoms with Crippen molar-refractivity contribution in [3.05, 3.63) is 70.3 Å². The molecule has 0 spiro atoms. The first-order valence-corrected chi connectivity index (χ1v) is 7.60. The molecule has 4 nitrogen and oxygen atoms in total. The highest BCUT2D eigenvalue weighted by Gasteiger charge is 2.08. The van der Waals surface area contributed by atoms with Crippen LogP contribution in [0.5, 0.6) is 0 Å². The lowest BCUT2D eigenvalue weighted by Crippen LogP contribution is -2.03. The number of nitrogen functional groups attached to an aromatic ring is 1. The van der Waals surface area contributed by atoms with Gasteiger partial charge in [0.1, 0.15) is 0 Å². The zero-order valence-electron chi connectivity index (χ0n) is 11.7. The summed E-state index contributed by atoms with van der Waals surface area (Å²) in [5.74, 6) is 0.490. The van der Waals surface area contributed by atoms with Crippen LogP contribution in [0.25, 0.3) is 11.3 Å². The van der Waals surface area contributed by atoms with E-state index in [1.54, 1.807) is 6.20 Å². The molecule has 0 atom stereocenters. The second-order valence-electron chi connectivity index (χ2n) is 4.99. The summed E-state index contributed by atoms with van der Waals surface area (Å²) in [5.41, 5.74) is 9.11. The van der Waals surface area contributed by atoms with Crippen molar-refractivity contribution in [1.82, 2.24) is 9.97 Å². The van der Waals surface area contributed by atoms with Gasteiger partial charge >= 0.3 is 0 Å². The Balaban J connectivity index is 1.75. The van der Waals surface area contributed by atoms with Gasteiger partial charge in [-0.05, 0) is 23.3 Å². The Bertz CT molecular complexity index is 809. The highest BCUT2D eigenvalue weighted by atomic mass is 79.9. The maximum atomic E-state index is 12.3. The fraction of sp³-hybridized carbons (Fsp3) is 0.0588. The number of imidazole rings is 1. The molecule has 0 aliphatic heterocycles. The number of hydrogen-bond donors (Lipinski definition) is 2. The van der Waals surface area contributed by atoms with Gasteiger partial charge in [0.15, 0.2) is 11.7 Å². The molecule has 22 heavy (non-hydrogen) atoms. The number of nitrogens with one attached hydrogen (secondary N) is 1. The standard InChI is InChI=1S/C17H14BrN3O/c18-14-3-1-2-13(9-14)16(22)8-11-4-6-12(7-5-11)15-10-20-17(19)21-15/h1-7,9-10H,8H2,(H3,19,20,21). The molecule has 110 valence electrons. The molecule has 0 saturated carbocycles. The number of halogens is 1. The number of Topliss-reactive ketones (excluding diaryl/α,β-unsaturated/α-hetero) is 1. The average molecular weight is 356 g/mol. The van der Waals surface area contributed by atoms with Crippen molar-refractivity contribution >= 4 is 27.7 Å². The number of aromatic amines is 1. The lowest BCUT2D eigenvalue weighted by molar-refractivity contribution is 0.0993. The molecular weight excluding hydrogens is 342 g/mol. The Morgan fingerprint density at radius 1 is 1.18 bits per heavy atom. The number of benzene rings is 2. The van der Waals surface area contributed by atoms with E-state index in [0.29, 0.717) is 17.9 Å². The number of ketones is 1. The number of aromatic nitrogens is 2. The van der Waals surface area contributed by atoms with E-state index in [1.165, 1.54) is 0 Å². The van der Waals surface area contributed by atoms with Crippen LogP contribution in [0.15, 0.2) is 59.2 Å². The number of nitrogens with two attached hydrogens (primary N) is 1. The van der Waals surface area contributed by atoms with Crippen LogP contribution in [0.3, 0.4) is 0 Å². The molecule has 3 N–H and O–H groups in total. The molecule has 3 aromatic rings. The van der Waals surface area contributed by atoms with Crippen LogP contribution in [-0.2, 0) is 6.42 Å². The predicted octanol–water partition coefficient (Wildman–Crippen LogP) is 3.85. The summed E-state index contributed by atoms with van der Waals surface area (Å²) in [5, 5.41) is 0. The van der Waals surface area contributed by atoms with Crippen molar-refractivity contribution in [3.63, 3.8) is 0 Å². The molecule has 1 aromatic heterocycles. The zero-order valence-corrected chi connectivity index (χ0v) is 13.3. The van der Waals surface area contributed by atoms with Crippen molar-refractivity contribution in [2.45, 2.75) is 6.42 Å². The average Bonchev–Trinajstić information content (AvgIpc) is 2.94. The third-order valence-electron chi connectivity index (χ3n) is 3.37. The molecule has 1 heterocycles. The van der Waals surface area contributed by atoms with Crippen molar-refractivity contribution in [2.75, 3.05) is 5.73 Å². The minimum absolute atomic E-state index is 0.0971. The summed E-state index contributed by atoms with van der Waals surface area (Å²) >= 11 is 3.38. The molecular formula is C17H14BrN3O. The smallest absolute Gasteiger partial charge is 0.197 e. The normalized spacial score (nSPS) is 10.6. The third-order valence-corrected chi connectivity index (χ3v) is 3.86. The van der Waals surface area contributed by atoms with Gasteiger partial charge < -0.3 is 10.7 Å². The minimum Gasteiger partial charge on any atom is -0.369 e. The summed E-state index contributed by atoms with van der Waals surface area (Å²) in [6.07, 6.45) is 2.07. The van der Waals surface area contributed by atoms with Gasteiger partial charge in [-0.3, -0.25) is 4.79 Å². The van der Waals surface area contributed by atoms with E-state index in [0.717, 1.165) is 21.3 Å². The van der Waals surface area contributed by atoms with Gasteiger partial charge in [-0.1, -0.05) is 52.3 Å². The third kappa shape index (κ3) is 3.26. The molecule has 3 rings (SSSR count). The first-order chi connectivity index (χ1) is 10.6. The SMILES string of the molecule is Nc1ncc(-c2ccc(CC(=O)c3cccc(Br)c3)cc2)[nH]1. The summed E-state index contributed by atoms with van der Waals surface area (Å²) in [6.45, 7) is 0. The van der Waals surface area contributed by atoms with E-state index < -0.39 is 0 Å². The molecule has 0 aliphatic rings. The molecule has 0 radical (unpaired) electrons. The van der Waals surface area contributed by atoms with Gasteiger partial charge in [0.25, 0.3) is 0 Å². The number of rotatable bonds is 4. The first-order valence-electron chi connectivity index (χ1n) is 6.80. The monoisotopic (exact) mass is 355 g/mol. The summed E-state index contributed by atoms with van der Waals surface area (Å²) in [4.78, 5) is 19.2. The highest BCUT2D eigenvalue weighted by Crippen LogP contribution is 2.19. The van der Waals surface area contributed by atoms with Crippen LogP contribution in [0.1, 0.15) is 15.9 Å². The number of anilines is 1. The minimum atomic E-state index is 0.0971. The second-order valence-corrected chi connectivity index (χ2v) is 5.91. The molecule has 0 fully saturated rings. The van der Waals surface area contributed by atoms with Crippen LogP contribution < -0.4 is 5.73 Å². The van der Waals surface area contributed by atoms with Gasteiger partial charge in [0, 0.05) is 16.5 Å². The van der Waals surface area contributed by atoms with Gasteiger partial charge in [-0.25, -0.2) is 4.98 Å². The van der Waals surface area contributed by atoms with Gasteiger partial charge in [0.05, 0.1) is 11.9 Å². The molecule has 2 aromatic carbocycles. The largest absolute Gasteiger partial charge is 0.369 e. The van der Waals surface area contributed by atoms with E-state index in [4.69, 9.17) is 5.73 Å². The van der Waals surface area contributed by atoms with Crippen molar-refractivity contribution in [2.24, 2.45) is 0 Å². The molecule has 0 bridgehead atoms. The number of hydrogen-bond acceptors (Lipinski definition) is 3. The quantitative estimate of drug-likeness (QED) is 0.698. The predicted molar refractivity (Wildman–Crippen MR) is 90.6 cm³/mol. The number of carbonyl (C=O) groups excluding carboxylic acids is 1. The van der Waals surface area contributed by atoms with Gasteiger partial charge in [-0.15, -0.1) is 0 Å². The molecule has 0 amide bonds. The van der Waals surface area contributed by atoms with Crippen molar-refractivity contribution in [1.29, 1.82) is 0 Å². The van der Waals surface area contributed by atoms with Crippen molar-refractivity contribution < 1.29 is 4.79 Å². The van der Waals surface area contributed by atoms with E-state index in [1.807, 2.05) is 48.5 Å². The zero-order chi connectivity index (χ0) is 15.5. The lowest BCUT2D eigenvalue weighted by atomic mass is 10.0. The topological polar surface area (TPSA) is 71.8 Å². The number of carbonyl (C=O) groups is 1. The maximum absolute atomic E-state index is 12.3. The Labute approximate surface area is 136 Å². The second kappa shape index (κ2) is 6.15. The molecule has 5 heteroatoms. The first kappa shape index (κ1) is 14.5. The van der Waals surface area contributed by atoms with E-state index in [9.17, 15) is 4.79 Å². The van der Waals surface area contributed by atoms with Crippen LogP contribution in [0, 0.1) is 0 Å². The van der Waals surface area contributed by atoms with E-state index >= 15 is 0 Å². The van der Waals surface area contributed by atoms with Crippen molar-refractivity contribution in [3.8, 4) is 11.3 Å². The summed E-state index contributed by atoms with van der Waals surface area (Å²) in [7, 11) is 0. The van der Waals surface area contributed by atoms with Gasteiger partial charge in [0.2, 0.25) is 0 Å². The highest BCUT2D eigenvalue weighted by molar-refractivity contribution is 9.10. The van der Waals surface area contributed by atoms with E-state index in [2.05, 4.69) is 25.9 Å². The fourth-order valence-electron chi connectivity index (χ4n) is 2.23. The Hall–Kier alpha value is -2.40. The van der Waals surface area contributed by atoms with Crippen LogP contribution in [0.4, 0.5) is 5.95 Å². The lowest BCUT2D eigenvalue weighted by Gasteiger charge is -2.04. The molecule has 0 saturated heterocycles. The number of nitrogens with zero attached hydrogens (tertiary/aromatic N) is 1. The number of H-pyrrole nitrogens is 1.